The minimum atomic E-state index is -4.71. The fourth-order valence-corrected chi connectivity index (χ4v) is 4.50. The third-order valence-electron chi connectivity index (χ3n) is 3.56. The quantitative estimate of drug-likeness (QED) is 0.548. The van der Waals surface area contributed by atoms with Crippen molar-refractivity contribution >= 4 is 44.9 Å². The first-order valence-corrected chi connectivity index (χ1v) is 10.4. The second-order valence-electron chi connectivity index (χ2n) is 6.17. The van der Waals surface area contributed by atoms with Gasteiger partial charge in [0.05, 0.1) is 22.4 Å². The zero-order chi connectivity index (χ0) is 22.0. The number of nitrogens with zero attached hydrogens (tertiary/aromatic N) is 1. The second kappa shape index (κ2) is 8.81. The number of hydrogen-bond donors (Lipinski definition) is 0. The highest BCUT2D eigenvalue weighted by atomic mass is 35.5. The molecular weight excluding hydrogens is 454 g/mol. The van der Waals surface area contributed by atoms with E-state index in [1.165, 1.54) is 12.1 Å². The molecule has 0 aliphatic carbocycles. The van der Waals surface area contributed by atoms with Crippen molar-refractivity contribution in [2.75, 3.05) is 10.8 Å². The summed E-state index contributed by atoms with van der Waals surface area (Å²) < 4.78 is 71.1. The smallest absolute Gasteiger partial charge is 0.416 e. The molecule has 2 rings (SSSR count). The first-order valence-electron chi connectivity index (χ1n) is 8.17. The molecule has 0 aliphatic heterocycles. The SMILES string of the molecule is CC(C)OC(=O)CN(c1cccc(C(F)(F)F)c1)S(=O)(=O)c1cc(Cl)ccc1Cl. The van der Waals surface area contributed by atoms with E-state index in [1.54, 1.807) is 13.8 Å². The molecule has 29 heavy (non-hydrogen) atoms. The van der Waals surface area contributed by atoms with E-state index < -0.39 is 45.3 Å². The maximum absolute atomic E-state index is 13.2. The Balaban J connectivity index is 2.62. The summed E-state index contributed by atoms with van der Waals surface area (Å²) in [6, 6.07) is 7.21. The van der Waals surface area contributed by atoms with E-state index in [9.17, 15) is 26.4 Å². The summed E-state index contributed by atoms with van der Waals surface area (Å²) in [5, 5.41) is -0.162. The van der Waals surface area contributed by atoms with Gasteiger partial charge >= 0.3 is 12.1 Å². The van der Waals surface area contributed by atoms with Crippen LogP contribution in [0.25, 0.3) is 0 Å². The maximum Gasteiger partial charge on any atom is 0.416 e. The molecule has 11 heteroatoms. The van der Waals surface area contributed by atoms with E-state index in [0.29, 0.717) is 10.4 Å². The Morgan fingerprint density at radius 2 is 1.79 bits per heavy atom. The van der Waals surface area contributed by atoms with Crippen LogP contribution in [-0.4, -0.2) is 27.0 Å². The molecule has 0 unspecified atom stereocenters. The predicted molar refractivity (Wildman–Crippen MR) is 104 cm³/mol. The summed E-state index contributed by atoms with van der Waals surface area (Å²) in [6.45, 7) is 2.24. The van der Waals surface area contributed by atoms with Crippen molar-refractivity contribution in [1.82, 2.24) is 0 Å². The van der Waals surface area contributed by atoms with Gasteiger partial charge in [0.15, 0.2) is 0 Å². The van der Waals surface area contributed by atoms with E-state index in [1.807, 2.05) is 0 Å². The molecule has 0 aliphatic rings. The van der Waals surface area contributed by atoms with Gasteiger partial charge in [-0.25, -0.2) is 8.42 Å². The summed E-state index contributed by atoms with van der Waals surface area (Å²) in [5.41, 5.74) is -1.46. The van der Waals surface area contributed by atoms with Crippen LogP contribution in [0, 0.1) is 0 Å². The van der Waals surface area contributed by atoms with Gasteiger partial charge in [0, 0.05) is 5.02 Å². The number of alkyl halides is 3. The van der Waals surface area contributed by atoms with Crippen LogP contribution in [0.3, 0.4) is 0 Å². The van der Waals surface area contributed by atoms with Crippen LogP contribution in [0.2, 0.25) is 10.0 Å². The van der Waals surface area contributed by atoms with Gasteiger partial charge in [-0.05, 0) is 50.2 Å². The molecule has 2 aromatic carbocycles. The number of hydrogen-bond acceptors (Lipinski definition) is 4. The van der Waals surface area contributed by atoms with E-state index in [-0.39, 0.29) is 15.7 Å². The predicted octanol–water partition coefficient (Wildman–Crippen LogP) is 5.16. The van der Waals surface area contributed by atoms with E-state index >= 15 is 0 Å². The average molecular weight is 470 g/mol. The van der Waals surface area contributed by atoms with Crippen molar-refractivity contribution in [2.24, 2.45) is 0 Å². The van der Waals surface area contributed by atoms with Crippen molar-refractivity contribution < 1.29 is 31.1 Å². The zero-order valence-corrected chi connectivity index (χ0v) is 17.5. The first kappa shape index (κ1) is 23.3. The number of carbonyl (C=O) groups excluding carboxylic acids is 1. The van der Waals surface area contributed by atoms with Crippen LogP contribution < -0.4 is 4.31 Å². The summed E-state index contributed by atoms with van der Waals surface area (Å²) in [7, 11) is -4.55. The Labute approximate surface area is 176 Å². The van der Waals surface area contributed by atoms with Gasteiger partial charge in [0.25, 0.3) is 10.0 Å². The van der Waals surface area contributed by atoms with Crippen LogP contribution in [0.15, 0.2) is 47.4 Å². The van der Waals surface area contributed by atoms with Gasteiger partial charge in [-0.2, -0.15) is 13.2 Å². The Morgan fingerprint density at radius 3 is 2.38 bits per heavy atom. The molecule has 0 bridgehead atoms. The largest absolute Gasteiger partial charge is 0.462 e. The van der Waals surface area contributed by atoms with E-state index in [0.717, 1.165) is 24.3 Å². The molecule has 0 aromatic heterocycles. The van der Waals surface area contributed by atoms with Gasteiger partial charge in [-0.15, -0.1) is 0 Å². The number of ether oxygens (including phenoxy) is 1. The van der Waals surface area contributed by atoms with Crippen LogP contribution in [0.4, 0.5) is 18.9 Å². The molecule has 0 spiro atoms. The molecule has 0 radical (unpaired) electrons. The third kappa shape index (κ3) is 5.77. The molecule has 2 aromatic rings. The molecule has 0 N–H and O–H groups in total. The molecule has 0 fully saturated rings. The maximum atomic E-state index is 13.2. The number of halogens is 5. The van der Waals surface area contributed by atoms with E-state index in [4.69, 9.17) is 27.9 Å². The number of rotatable bonds is 6. The Hall–Kier alpha value is -1.97. The second-order valence-corrected chi connectivity index (χ2v) is 8.85. The van der Waals surface area contributed by atoms with Crippen LogP contribution >= 0.6 is 23.2 Å². The lowest BCUT2D eigenvalue weighted by Gasteiger charge is -2.25. The van der Waals surface area contributed by atoms with Crippen LogP contribution in [0.5, 0.6) is 0 Å². The van der Waals surface area contributed by atoms with E-state index in [2.05, 4.69) is 0 Å². The van der Waals surface area contributed by atoms with Gasteiger partial charge in [0.2, 0.25) is 0 Å². The third-order valence-corrected chi connectivity index (χ3v) is 6.05. The number of esters is 1. The highest BCUT2D eigenvalue weighted by Gasteiger charge is 2.34. The molecule has 0 saturated carbocycles. The normalized spacial score (nSPS) is 12.1. The lowest BCUT2D eigenvalue weighted by molar-refractivity contribution is -0.145. The van der Waals surface area contributed by atoms with Crippen LogP contribution in [-0.2, 0) is 25.7 Å². The molecule has 5 nitrogen and oxygen atoms in total. The van der Waals surface area contributed by atoms with Crippen molar-refractivity contribution in [1.29, 1.82) is 0 Å². The lowest BCUT2D eigenvalue weighted by Crippen LogP contribution is -2.37. The van der Waals surface area contributed by atoms with Crippen molar-refractivity contribution in [2.45, 2.75) is 31.0 Å². The van der Waals surface area contributed by atoms with Crippen molar-refractivity contribution in [3.8, 4) is 0 Å². The molecule has 0 heterocycles. The lowest BCUT2D eigenvalue weighted by atomic mass is 10.2. The minimum Gasteiger partial charge on any atom is -0.462 e. The fourth-order valence-electron chi connectivity index (χ4n) is 2.36. The number of anilines is 1. The zero-order valence-electron chi connectivity index (χ0n) is 15.2. The van der Waals surface area contributed by atoms with Gasteiger partial charge in [0.1, 0.15) is 11.4 Å². The Bertz CT molecular complexity index is 1010. The van der Waals surface area contributed by atoms with Crippen LogP contribution in [0.1, 0.15) is 19.4 Å². The van der Waals surface area contributed by atoms with Gasteiger partial charge in [-0.3, -0.25) is 9.10 Å². The number of benzene rings is 2. The summed E-state index contributed by atoms with van der Waals surface area (Å²) >= 11 is 11.8. The Kier molecular flexibility index (Phi) is 7.08. The minimum absolute atomic E-state index is 0.0433. The molecule has 158 valence electrons. The summed E-state index contributed by atoms with van der Waals surface area (Å²) in [4.78, 5) is 11.7. The van der Waals surface area contributed by atoms with Gasteiger partial charge < -0.3 is 4.74 Å². The molecule has 0 amide bonds. The van der Waals surface area contributed by atoms with Crippen molar-refractivity contribution in [3.05, 3.63) is 58.1 Å². The first-order chi connectivity index (χ1) is 13.3. The molecule has 0 saturated heterocycles. The highest BCUT2D eigenvalue weighted by molar-refractivity contribution is 7.93. The Morgan fingerprint density at radius 1 is 1.14 bits per heavy atom. The number of sulfonamides is 1. The highest BCUT2D eigenvalue weighted by Crippen LogP contribution is 2.35. The molecular formula is C18H16Cl2F3NO4S. The topological polar surface area (TPSA) is 63.7 Å². The molecule has 0 atom stereocenters. The average Bonchev–Trinajstić information content (AvgIpc) is 2.60. The number of carbonyl (C=O) groups is 1. The fraction of sp³-hybridized carbons (Fsp3) is 0.278. The standard InChI is InChI=1S/C18H16Cl2F3NO4S/c1-11(2)28-17(25)10-24(14-5-3-4-12(8-14)18(21,22)23)29(26,27)16-9-13(19)6-7-15(16)20/h3-9,11H,10H2,1-2H3. The summed E-state index contributed by atoms with van der Waals surface area (Å²) in [5.74, 6) is -0.945. The van der Waals surface area contributed by atoms with Gasteiger partial charge in [-0.1, -0.05) is 29.3 Å². The van der Waals surface area contributed by atoms with Crippen molar-refractivity contribution in [3.63, 3.8) is 0 Å². The summed E-state index contributed by atoms with van der Waals surface area (Å²) in [6.07, 6.45) is -5.26. The monoisotopic (exact) mass is 469 g/mol.